The zero-order valence-electron chi connectivity index (χ0n) is 12.7. The van der Waals surface area contributed by atoms with E-state index < -0.39 is 5.60 Å². The third-order valence-electron chi connectivity index (χ3n) is 3.33. The van der Waals surface area contributed by atoms with E-state index in [9.17, 15) is 4.79 Å². The Labute approximate surface area is 120 Å². The van der Waals surface area contributed by atoms with Gasteiger partial charge in [-0.3, -0.25) is 4.84 Å². The minimum atomic E-state index is -0.440. The summed E-state index contributed by atoms with van der Waals surface area (Å²) in [6, 6.07) is 0.186. The van der Waals surface area contributed by atoms with Gasteiger partial charge in [0.15, 0.2) is 0 Å². The Kier molecular flexibility index (Phi) is 5.23. The fourth-order valence-corrected chi connectivity index (χ4v) is 2.23. The van der Waals surface area contributed by atoms with Crippen molar-refractivity contribution in [3.05, 3.63) is 0 Å². The van der Waals surface area contributed by atoms with Gasteiger partial charge in [0.1, 0.15) is 5.60 Å². The molecule has 2 fully saturated rings. The number of hydrogen-bond donors (Lipinski definition) is 1. The van der Waals surface area contributed by atoms with E-state index >= 15 is 0 Å². The molecule has 0 aliphatic carbocycles. The molecule has 2 aliphatic rings. The quantitative estimate of drug-likeness (QED) is 0.797. The van der Waals surface area contributed by atoms with Gasteiger partial charge in [0.2, 0.25) is 0 Å². The fourth-order valence-electron chi connectivity index (χ4n) is 2.23. The molecule has 1 atom stereocenters. The molecule has 2 rings (SSSR count). The zero-order chi connectivity index (χ0) is 14.6. The molecule has 2 aliphatic heterocycles. The molecule has 0 aromatic heterocycles. The molecule has 116 valence electrons. The fraction of sp³-hybridized carbons (Fsp3) is 0.929. The van der Waals surface area contributed by atoms with Crippen LogP contribution >= 0.6 is 0 Å². The van der Waals surface area contributed by atoms with Crippen LogP contribution in [-0.2, 0) is 14.3 Å². The summed E-state index contributed by atoms with van der Waals surface area (Å²) >= 11 is 0. The summed E-state index contributed by atoms with van der Waals surface area (Å²) in [6.45, 7) is 8.27. The number of rotatable bonds is 4. The van der Waals surface area contributed by atoms with E-state index in [0.29, 0.717) is 19.7 Å². The van der Waals surface area contributed by atoms with Crippen LogP contribution in [0.4, 0.5) is 4.79 Å². The first kappa shape index (κ1) is 15.5. The lowest BCUT2D eigenvalue weighted by Gasteiger charge is -2.39. The molecule has 0 aromatic rings. The molecule has 6 nitrogen and oxygen atoms in total. The van der Waals surface area contributed by atoms with Gasteiger partial charge in [0.25, 0.3) is 0 Å². The lowest BCUT2D eigenvalue weighted by molar-refractivity contribution is -0.0938. The van der Waals surface area contributed by atoms with Crippen LogP contribution in [0, 0.1) is 0 Å². The van der Waals surface area contributed by atoms with Gasteiger partial charge in [-0.15, -0.1) is 0 Å². The van der Waals surface area contributed by atoms with Crippen molar-refractivity contribution in [1.29, 1.82) is 0 Å². The maximum absolute atomic E-state index is 11.7. The van der Waals surface area contributed by atoms with Crippen LogP contribution in [0.3, 0.4) is 0 Å². The molecule has 1 unspecified atom stereocenters. The Balaban J connectivity index is 1.54. The van der Waals surface area contributed by atoms with Gasteiger partial charge < -0.3 is 14.4 Å². The first-order valence-corrected chi connectivity index (χ1v) is 7.41. The Morgan fingerprint density at radius 1 is 1.35 bits per heavy atom. The van der Waals surface area contributed by atoms with Crippen molar-refractivity contribution in [2.75, 3.05) is 26.3 Å². The van der Waals surface area contributed by atoms with Gasteiger partial charge >= 0.3 is 6.09 Å². The van der Waals surface area contributed by atoms with Crippen molar-refractivity contribution in [2.45, 2.75) is 57.8 Å². The molecular formula is C14H26N2O4. The number of carbonyl (C=O) groups is 1. The van der Waals surface area contributed by atoms with Crippen LogP contribution in [0.1, 0.15) is 40.0 Å². The first-order valence-electron chi connectivity index (χ1n) is 7.41. The molecule has 6 heteroatoms. The van der Waals surface area contributed by atoms with Gasteiger partial charge in [-0.1, -0.05) is 0 Å². The third-order valence-corrected chi connectivity index (χ3v) is 3.33. The second kappa shape index (κ2) is 6.74. The molecule has 2 heterocycles. The maximum atomic E-state index is 11.7. The van der Waals surface area contributed by atoms with Crippen molar-refractivity contribution in [2.24, 2.45) is 0 Å². The van der Waals surface area contributed by atoms with E-state index in [1.54, 1.807) is 4.90 Å². The maximum Gasteiger partial charge on any atom is 0.410 e. The van der Waals surface area contributed by atoms with Crippen LogP contribution in [-0.4, -0.2) is 55.0 Å². The van der Waals surface area contributed by atoms with Crippen LogP contribution in [0.2, 0.25) is 0 Å². The number of ether oxygens (including phenoxy) is 2. The average molecular weight is 286 g/mol. The predicted molar refractivity (Wildman–Crippen MR) is 74.3 cm³/mol. The van der Waals surface area contributed by atoms with E-state index in [1.807, 2.05) is 20.8 Å². The van der Waals surface area contributed by atoms with Crippen LogP contribution in [0.5, 0.6) is 0 Å². The number of amides is 1. The monoisotopic (exact) mass is 286 g/mol. The number of hydroxylamine groups is 1. The SMILES string of the molecule is CC(C)(C)OC(=O)N1CC(NOCC2CCCCO2)C1. The second-order valence-corrected chi connectivity index (χ2v) is 6.50. The van der Waals surface area contributed by atoms with Crippen molar-refractivity contribution in [3.63, 3.8) is 0 Å². The number of hydrogen-bond acceptors (Lipinski definition) is 5. The van der Waals surface area contributed by atoms with Gasteiger partial charge in [-0.25, -0.2) is 4.79 Å². The lowest BCUT2D eigenvalue weighted by Crippen LogP contribution is -2.60. The van der Waals surface area contributed by atoms with Gasteiger partial charge in [0.05, 0.1) is 18.8 Å². The highest BCUT2D eigenvalue weighted by atomic mass is 16.7. The molecule has 0 bridgehead atoms. The summed E-state index contributed by atoms with van der Waals surface area (Å²) in [7, 11) is 0. The topological polar surface area (TPSA) is 60.0 Å². The van der Waals surface area contributed by atoms with Gasteiger partial charge in [-0.2, -0.15) is 5.48 Å². The van der Waals surface area contributed by atoms with Crippen molar-refractivity contribution < 1.29 is 19.1 Å². The van der Waals surface area contributed by atoms with Gasteiger partial charge in [0, 0.05) is 19.7 Å². The van der Waals surface area contributed by atoms with E-state index in [4.69, 9.17) is 14.3 Å². The molecule has 1 N–H and O–H groups in total. The minimum Gasteiger partial charge on any atom is -0.444 e. The van der Waals surface area contributed by atoms with Crippen LogP contribution in [0.15, 0.2) is 0 Å². The summed E-state index contributed by atoms with van der Waals surface area (Å²) < 4.78 is 10.9. The van der Waals surface area contributed by atoms with Crippen LogP contribution in [0.25, 0.3) is 0 Å². The molecule has 0 aromatic carbocycles. The summed E-state index contributed by atoms with van der Waals surface area (Å²) in [5.41, 5.74) is 2.54. The average Bonchev–Trinajstić information content (AvgIpc) is 2.31. The number of nitrogens with one attached hydrogen (secondary N) is 1. The second-order valence-electron chi connectivity index (χ2n) is 6.50. The number of carbonyl (C=O) groups excluding carboxylic acids is 1. The first-order chi connectivity index (χ1) is 9.44. The zero-order valence-corrected chi connectivity index (χ0v) is 12.7. The Morgan fingerprint density at radius 3 is 2.70 bits per heavy atom. The standard InChI is InChI=1S/C14H26N2O4/c1-14(2,3)20-13(17)16-8-11(9-16)15-19-10-12-6-4-5-7-18-12/h11-12,15H,4-10H2,1-3H3. The third kappa shape index (κ3) is 4.92. The summed E-state index contributed by atoms with van der Waals surface area (Å²) in [4.78, 5) is 18.8. The van der Waals surface area contributed by atoms with E-state index in [0.717, 1.165) is 19.4 Å². The molecule has 2 saturated heterocycles. The number of likely N-dealkylation sites (tertiary alicyclic amines) is 1. The number of nitrogens with zero attached hydrogens (tertiary/aromatic N) is 1. The Bertz CT molecular complexity index is 318. The Morgan fingerprint density at radius 2 is 2.10 bits per heavy atom. The molecule has 0 saturated carbocycles. The summed E-state index contributed by atoms with van der Waals surface area (Å²) in [5, 5.41) is 0. The Hall–Kier alpha value is -0.850. The summed E-state index contributed by atoms with van der Waals surface area (Å²) in [5.74, 6) is 0. The molecule has 0 radical (unpaired) electrons. The molecule has 1 amide bonds. The van der Waals surface area contributed by atoms with E-state index in [2.05, 4.69) is 5.48 Å². The molecule has 20 heavy (non-hydrogen) atoms. The van der Waals surface area contributed by atoms with Crippen molar-refractivity contribution in [1.82, 2.24) is 10.4 Å². The highest BCUT2D eigenvalue weighted by Gasteiger charge is 2.33. The van der Waals surface area contributed by atoms with E-state index in [1.165, 1.54) is 6.42 Å². The van der Waals surface area contributed by atoms with Crippen molar-refractivity contribution in [3.8, 4) is 0 Å². The summed E-state index contributed by atoms with van der Waals surface area (Å²) in [6.07, 6.45) is 3.38. The van der Waals surface area contributed by atoms with Crippen LogP contribution < -0.4 is 5.48 Å². The largest absolute Gasteiger partial charge is 0.444 e. The highest BCUT2D eigenvalue weighted by Crippen LogP contribution is 2.16. The minimum absolute atomic E-state index is 0.186. The normalized spacial score (nSPS) is 24.4. The van der Waals surface area contributed by atoms with Gasteiger partial charge in [-0.05, 0) is 40.0 Å². The van der Waals surface area contributed by atoms with Crippen molar-refractivity contribution >= 4 is 6.09 Å². The molecule has 0 spiro atoms. The smallest absolute Gasteiger partial charge is 0.410 e. The predicted octanol–water partition coefficient (Wildman–Crippen LogP) is 1.70. The highest BCUT2D eigenvalue weighted by molar-refractivity contribution is 5.69. The lowest BCUT2D eigenvalue weighted by atomic mass is 10.1. The van der Waals surface area contributed by atoms with E-state index in [-0.39, 0.29) is 18.2 Å². The molecular weight excluding hydrogens is 260 g/mol.